The van der Waals surface area contributed by atoms with Gasteiger partial charge in [-0.15, -0.1) is 0 Å². The highest BCUT2D eigenvalue weighted by Gasteiger charge is 2.46. The van der Waals surface area contributed by atoms with Crippen LogP contribution in [0, 0.1) is 35.3 Å². The van der Waals surface area contributed by atoms with Gasteiger partial charge in [0.25, 0.3) is 0 Å². The largest absolute Gasteiger partial charge is 0.465 e. The van der Waals surface area contributed by atoms with Crippen LogP contribution in [0.1, 0.15) is 63.0 Å². The third-order valence-corrected chi connectivity index (χ3v) is 13.7. The van der Waals surface area contributed by atoms with Gasteiger partial charge in [0.2, 0.25) is 0 Å². The van der Waals surface area contributed by atoms with Crippen molar-refractivity contribution in [3.05, 3.63) is 59.7 Å². The highest BCUT2D eigenvalue weighted by molar-refractivity contribution is 7.92. The molecule has 0 unspecified atom stereocenters. The standard InChI is InChI=1S/C35H46F2N4O4S/c36-26-17-25(18-27(37)19-26)34(40-13-2-14-40)33(31-3-1-4-32(31)38-35(42)43)24-11-15-39(16-12-24)20-23-21-41(22-23)28-5-7-29(8-6-28)46(44,45)30-9-10-30/h5-8,17-19,23-24,30-34,38H,1-4,9-16,20-22H2,(H,42,43)/t31-,32-,33+,34-/m0/s1. The molecule has 46 heavy (non-hydrogen) atoms. The molecule has 7 rings (SSSR count). The second-order valence-corrected chi connectivity index (χ2v) is 16.6. The van der Waals surface area contributed by atoms with Crippen molar-refractivity contribution in [2.24, 2.45) is 23.7 Å². The minimum Gasteiger partial charge on any atom is -0.465 e. The SMILES string of the molecule is O=C(O)N[C@H]1CCC[C@@H]1[C@@H](C1CCN(CC2CN(c3ccc(S(=O)(=O)C4CC4)cc3)C2)CC1)[C@H](c1cc(F)cc(F)c1)N1CCC1. The number of rotatable bonds is 11. The quantitative estimate of drug-likeness (QED) is 0.328. The third-order valence-electron chi connectivity index (χ3n) is 11.4. The zero-order valence-electron chi connectivity index (χ0n) is 26.4. The van der Waals surface area contributed by atoms with E-state index in [2.05, 4.69) is 20.0 Å². The lowest BCUT2D eigenvalue weighted by Gasteiger charge is -2.50. The molecule has 5 aliphatic rings. The number of sulfone groups is 1. The fourth-order valence-corrected chi connectivity index (χ4v) is 10.5. The highest BCUT2D eigenvalue weighted by atomic mass is 32.2. The van der Waals surface area contributed by atoms with E-state index in [1.807, 2.05) is 12.1 Å². The number of nitrogens with one attached hydrogen (secondary N) is 1. The van der Waals surface area contributed by atoms with Gasteiger partial charge < -0.3 is 20.2 Å². The van der Waals surface area contributed by atoms with E-state index in [0.717, 1.165) is 109 Å². The summed E-state index contributed by atoms with van der Waals surface area (Å²) in [5.41, 5.74) is 1.75. The van der Waals surface area contributed by atoms with Gasteiger partial charge >= 0.3 is 6.09 Å². The van der Waals surface area contributed by atoms with Gasteiger partial charge in [0.15, 0.2) is 9.84 Å². The Labute approximate surface area is 271 Å². The predicted molar refractivity (Wildman–Crippen MR) is 173 cm³/mol. The van der Waals surface area contributed by atoms with Crippen LogP contribution in [0.4, 0.5) is 19.3 Å². The number of hydrogen-bond acceptors (Lipinski definition) is 6. The fourth-order valence-electron chi connectivity index (χ4n) is 8.87. The molecule has 2 saturated carbocycles. The molecule has 0 bridgehead atoms. The Balaban J connectivity index is 1.01. The molecule has 0 radical (unpaired) electrons. The van der Waals surface area contributed by atoms with E-state index in [-0.39, 0.29) is 29.2 Å². The van der Waals surface area contributed by atoms with Crippen molar-refractivity contribution in [3.63, 3.8) is 0 Å². The number of carboxylic acid groups (broad SMARTS) is 1. The minimum atomic E-state index is -3.17. The number of benzene rings is 2. The molecule has 11 heteroatoms. The molecule has 2 aromatic carbocycles. The van der Waals surface area contributed by atoms with E-state index in [1.165, 1.54) is 12.1 Å². The second kappa shape index (κ2) is 13.0. The maximum absolute atomic E-state index is 14.6. The molecular weight excluding hydrogens is 610 g/mol. The van der Waals surface area contributed by atoms with Gasteiger partial charge in [0.05, 0.1) is 10.1 Å². The molecule has 5 fully saturated rings. The number of halogens is 2. The van der Waals surface area contributed by atoms with Crippen molar-refractivity contribution in [1.82, 2.24) is 15.1 Å². The first kappa shape index (κ1) is 31.8. The Kier molecular flexibility index (Phi) is 9.02. The summed E-state index contributed by atoms with van der Waals surface area (Å²) >= 11 is 0. The van der Waals surface area contributed by atoms with Crippen LogP contribution in [0.25, 0.3) is 0 Å². The average molecular weight is 657 g/mol. The number of piperidine rings is 1. The molecule has 3 aliphatic heterocycles. The lowest BCUT2D eigenvalue weighted by molar-refractivity contribution is -0.00106. The maximum atomic E-state index is 14.6. The molecule has 3 heterocycles. The van der Waals surface area contributed by atoms with Crippen LogP contribution in [0.2, 0.25) is 0 Å². The van der Waals surface area contributed by atoms with Gasteiger partial charge in [0, 0.05) is 49.4 Å². The summed E-state index contributed by atoms with van der Waals surface area (Å²) in [6.07, 6.45) is 6.23. The first-order valence-corrected chi connectivity index (χ1v) is 18.7. The zero-order valence-corrected chi connectivity index (χ0v) is 27.2. The van der Waals surface area contributed by atoms with E-state index in [9.17, 15) is 27.1 Å². The van der Waals surface area contributed by atoms with Crippen LogP contribution in [-0.4, -0.2) is 86.5 Å². The van der Waals surface area contributed by atoms with Crippen LogP contribution in [0.5, 0.6) is 0 Å². The van der Waals surface area contributed by atoms with Crippen LogP contribution in [-0.2, 0) is 9.84 Å². The molecule has 250 valence electrons. The Bertz CT molecular complexity index is 1480. The topological polar surface area (TPSA) is 93.2 Å². The molecule has 2 aromatic rings. The summed E-state index contributed by atoms with van der Waals surface area (Å²) in [7, 11) is -3.17. The van der Waals surface area contributed by atoms with Crippen molar-refractivity contribution < 1.29 is 27.1 Å². The normalized spacial score (nSPS) is 26.3. The van der Waals surface area contributed by atoms with E-state index in [4.69, 9.17) is 0 Å². The van der Waals surface area contributed by atoms with E-state index in [0.29, 0.717) is 22.3 Å². The van der Waals surface area contributed by atoms with Crippen molar-refractivity contribution in [3.8, 4) is 0 Å². The zero-order chi connectivity index (χ0) is 32.0. The van der Waals surface area contributed by atoms with Crippen molar-refractivity contribution in [2.75, 3.05) is 50.7 Å². The van der Waals surface area contributed by atoms with Gasteiger partial charge in [-0.05, 0) is 131 Å². The first-order valence-electron chi connectivity index (χ1n) is 17.2. The number of amides is 1. The number of likely N-dealkylation sites (tertiary alicyclic amines) is 2. The molecular formula is C35H46F2N4O4S. The second-order valence-electron chi connectivity index (χ2n) is 14.4. The summed E-state index contributed by atoms with van der Waals surface area (Å²) in [6, 6.07) is 11.0. The lowest BCUT2D eigenvalue weighted by Crippen LogP contribution is -2.54. The van der Waals surface area contributed by atoms with Crippen molar-refractivity contribution in [2.45, 2.75) is 73.6 Å². The summed E-state index contributed by atoms with van der Waals surface area (Å²) in [4.78, 5) is 19.4. The Morgan fingerprint density at radius 1 is 0.891 bits per heavy atom. The van der Waals surface area contributed by atoms with E-state index >= 15 is 0 Å². The first-order chi connectivity index (χ1) is 22.2. The number of hydrogen-bond donors (Lipinski definition) is 2. The van der Waals surface area contributed by atoms with Crippen molar-refractivity contribution >= 4 is 21.6 Å². The summed E-state index contributed by atoms with van der Waals surface area (Å²) in [5, 5.41) is 12.2. The van der Waals surface area contributed by atoms with Gasteiger partial charge in [-0.2, -0.15) is 0 Å². The molecule has 2 aliphatic carbocycles. The van der Waals surface area contributed by atoms with E-state index < -0.39 is 27.6 Å². The number of nitrogens with zero attached hydrogens (tertiary/aromatic N) is 3. The molecule has 8 nitrogen and oxygen atoms in total. The maximum Gasteiger partial charge on any atom is 0.404 e. The lowest BCUT2D eigenvalue weighted by atomic mass is 9.68. The molecule has 1 amide bonds. The number of carbonyl (C=O) groups is 1. The van der Waals surface area contributed by atoms with Crippen LogP contribution < -0.4 is 10.2 Å². The minimum absolute atomic E-state index is 0.105. The van der Waals surface area contributed by atoms with Crippen LogP contribution in [0.15, 0.2) is 47.4 Å². The summed E-state index contributed by atoms with van der Waals surface area (Å²) < 4.78 is 54.2. The summed E-state index contributed by atoms with van der Waals surface area (Å²) in [5.74, 6) is -0.0173. The smallest absolute Gasteiger partial charge is 0.404 e. The van der Waals surface area contributed by atoms with E-state index in [1.54, 1.807) is 12.1 Å². The molecule has 3 saturated heterocycles. The Morgan fingerprint density at radius 2 is 1.57 bits per heavy atom. The Hall–Kier alpha value is -2.76. The van der Waals surface area contributed by atoms with Gasteiger partial charge in [-0.3, -0.25) is 4.90 Å². The predicted octanol–water partition coefficient (Wildman–Crippen LogP) is 5.55. The number of anilines is 1. The van der Waals surface area contributed by atoms with Crippen LogP contribution in [0.3, 0.4) is 0 Å². The molecule has 0 spiro atoms. The molecule has 2 N–H and O–H groups in total. The van der Waals surface area contributed by atoms with Gasteiger partial charge in [0.1, 0.15) is 11.6 Å². The third kappa shape index (κ3) is 6.65. The van der Waals surface area contributed by atoms with Crippen LogP contribution >= 0.6 is 0 Å². The molecule has 4 atom stereocenters. The summed E-state index contributed by atoms with van der Waals surface area (Å²) in [6.45, 7) is 6.60. The monoisotopic (exact) mass is 656 g/mol. The van der Waals surface area contributed by atoms with Crippen molar-refractivity contribution in [1.29, 1.82) is 0 Å². The Morgan fingerprint density at radius 3 is 2.15 bits per heavy atom. The fraction of sp³-hybridized carbons (Fsp3) is 0.629. The van der Waals surface area contributed by atoms with Gasteiger partial charge in [-0.1, -0.05) is 6.42 Å². The molecule has 0 aromatic heterocycles. The van der Waals surface area contributed by atoms with Gasteiger partial charge in [-0.25, -0.2) is 22.0 Å². The highest BCUT2D eigenvalue weighted by Crippen LogP contribution is 2.49. The average Bonchev–Trinajstić information content (AvgIpc) is 3.75.